The summed E-state index contributed by atoms with van der Waals surface area (Å²) < 4.78 is 2.19. The lowest BCUT2D eigenvalue weighted by molar-refractivity contribution is -0.120. The Hall–Kier alpha value is -2.67. The van der Waals surface area contributed by atoms with Crippen molar-refractivity contribution in [2.24, 2.45) is 0 Å². The number of hydrogen-bond donors (Lipinski definition) is 2. The Morgan fingerprint density at radius 3 is 2.88 bits per heavy atom. The summed E-state index contributed by atoms with van der Waals surface area (Å²) in [6, 6.07) is 10.6. The average Bonchev–Trinajstić information content (AvgIpc) is 3.20. The fraction of sp³-hybridized carbons (Fsp3) is 0.316. The summed E-state index contributed by atoms with van der Waals surface area (Å²) >= 11 is 1.44. The fourth-order valence-electron chi connectivity index (χ4n) is 2.98. The molecule has 6 nitrogen and oxygen atoms in total. The first-order chi connectivity index (χ1) is 12.7. The molecule has 1 aliphatic carbocycles. The van der Waals surface area contributed by atoms with Crippen molar-refractivity contribution in [1.29, 1.82) is 0 Å². The number of fused-ring (bicyclic) bond motifs is 1. The van der Waals surface area contributed by atoms with E-state index in [0.717, 1.165) is 41.0 Å². The molecule has 1 saturated carbocycles. The van der Waals surface area contributed by atoms with Gasteiger partial charge in [0.1, 0.15) is 10.7 Å². The highest BCUT2D eigenvalue weighted by molar-refractivity contribution is 7.13. The SMILES string of the molecule is CCn1c(-c2nc(C(=O)NCC(=O)NC3CC3)cs2)cc2ccccc21. The normalized spacial score (nSPS) is 13.7. The van der Waals surface area contributed by atoms with Crippen LogP contribution >= 0.6 is 11.3 Å². The summed E-state index contributed by atoms with van der Waals surface area (Å²) in [5.74, 6) is -0.472. The fourth-order valence-corrected chi connectivity index (χ4v) is 3.81. The van der Waals surface area contributed by atoms with Gasteiger partial charge < -0.3 is 15.2 Å². The van der Waals surface area contributed by atoms with E-state index >= 15 is 0 Å². The number of aryl methyl sites for hydroxylation is 1. The largest absolute Gasteiger partial charge is 0.352 e. The highest BCUT2D eigenvalue weighted by Crippen LogP contribution is 2.30. The molecular formula is C19H20N4O2S. The van der Waals surface area contributed by atoms with Gasteiger partial charge in [0.05, 0.1) is 12.2 Å². The minimum atomic E-state index is -0.322. The van der Waals surface area contributed by atoms with Gasteiger partial charge in [-0.3, -0.25) is 9.59 Å². The van der Waals surface area contributed by atoms with Gasteiger partial charge >= 0.3 is 0 Å². The Labute approximate surface area is 155 Å². The van der Waals surface area contributed by atoms with E-state index < -0.39 is 0 Å². The van der Waals surface area contributed by atoms with Crippen molar-refractivity contribution in [3.63, 3.8) is 0 Å². The number of benzene rings is 1. The van der Waals surface area contributed by atoms with Gasteiger partial charge in [-0.1, -0.05) is 18.2 Å². The number of carbonyl (C=O) groups is 2. The number of para-hydroxylation sites is 1. The molecule has 2 N–H and O–H groups in total. The molecule has 2 amide bonds. The number of carbonyl (C=O) groups excluding carboxylic acids is 2. The maximum absolute atomic E-state index is 12.3. The van der Waals surface area contributed by atoms with Crippen LogP contribution in [0.1, 0.15) is 30.3 Å². The van der Waals surface area contributed by atoms with E-state index in [-0.39, 0.29) is 18.4 Å². The first-order valence-electron chi connectivity index (χ1n) is 8.77. The van der Waals surface area contributed by atoms with Crippen molar-refractivity contribution >= 4 is 34.1 Å². The van der Waals surface area contributed by atoms with Gasteiger partial charge in [0.2, 0.25) is 5.91 Å². The molecule has 1 aliphatic rings. The van der Waals surface area contributed by atoms with Crippen molar-refractivity contribution in [1.82, 2.24) is 20.2 Å². The molecule has 0 unspecified atom stereocenters. The monoisotopic (exact) mass is 368 g/mol. The Kier molecular flexibility index (Phi) is 4.46. The number of aromatic nitrogens is 2. The quantitative estimate of drug-likeness (QED) is 0.702. The zero-order chi connectivity index (χ0) is 18.1. The predicted octanol–water partition coefficient (Wildman–Crippen LogP) is 2.79. The van der Waals surface area contributed by atoms with Crippen LogP contribution in [0.2, 0.25) is 0 Å². The second-order valence-corrected chi connectivity index (χ2v) is 7.25. The van der Waals surface area contributed by atoms with Gasteiger partial charge in [0.15, 0.2) is 0 Å². The summed E-state index contributed by atoms with van der Waals surface area (Å²) in [6.45, 7) is 2.90. The molecule has 0 atom stereocenters. The van der Waals surface area contributed by atoms with E-state index in [1.807, 2.05) is 12.1 Å². The van der Waals surface area contributed by atoms with E-state index in [1.165, 1.54) is 11.3 Å². The Bertz CT molecular complexity index is 971. The summed E-state index contributed by atoms with van der Waals surface area (Å²) in [5, 5.41) is 9.18. The van der Waals surface area contributed by atoms with E-state index in [9.17, 15) is 9.59 Å². The highest BCUT2D eigenvalue weighted by atomic mass is 32.1. The molecule has 0 bridgehead atoms. The molecule has 3 aromatic rings. The summed E-state index contributed by atoms with van der Waals surface area (Å²) in [7, 11) is 0. The first kappa shape index (κ1) is 16.8. The molecule has 1 fully saturated rings. The molecule has 134 valence electrons. The topological polar surface area (TPSA) is 76.0 Å². The molecule has 0 radical (unpaired) electrons. The lowest BCUT2D eigenvalue weighted by atomic mass is 10.2. The van der Waals surface area contributed by atoms with Crippen molar-refractivity contribution < 1.29 is 9.59 Å². The third-order valence-electron chi connectivity index (χ3n) is 4.43. The lowest BCUT2D eigenvalue weighted by Gasteiger charge is -2.05. The summed E-state index contributed by atoms with van der Waals surface area (Å²) in [4.78, 5) is 28.4. The first-order valence-corrected chi connectivity index (χ1v) is 9.65. The van der Waals surface area contributed by atoms with Crippen LogP contribution in [0.25, 0.3) is 21.6 Å². The van der Waals surface area contributed by atoms with E-state index in [4.69, 9.17) is 0 Å². The van der Waals surface area contributed by atoms with E-state index in [1.54, 1.807) is 5.38 Å². The number of hydrogen-bond acceptors (Lipinski definition) is 4. The van der Waals surface area contributed by atoms with Crippen molar-refractivity contribution in [3.8, 4) is 10.7 Å². The van der Waals surface area contributed by atoms with E-state index in [0.29, 0.717) is 11.7 Å². The number of thiazole rings is 1. The Morgan fingerprint density at radius 1 is 1.31 bits per heavy atom. The van der Waals surface area contributed by atoms with Gasteiger partial charge in [-0.2, -0.15) is 0 Å². The van der Waals surface area contributed by atoms with Gasteiger partial charge in [-0.15, -0.1) is 11.3 Å². The van der Waals surface area contributed by atoms with Crippen LogP contribution in [0.5, 0.6) is 0 Å². The van der Waals surface area contributed by atoms with Crippen LogP contribution in [0.3, 0.4) is 0 Å². The number of rotatable bonds is 6. The maximum atomic E-state index is 12.3. The molecule has 26 heavy (non-hydrogen) atoms. The van der Waals surface area contributed by atoms with Crippen LogP contribution in [-0.2, 0) is 11.3 Å². The Morgan fingerprint density at radius 2 is 2.12 bits per heavy atom. The lowest BCUT2D eigenvalue weighted by Crippen LogP contribution is -2.37. The predicted molar refractivity (Wildman–Crippen MR) is 102 cm³/mol. The second kappa shape index (κ2) is 6.92. The number of nitrogens with zero attached hydrogens (tertiary/aromatic N) is 2. The van der Waals surface area contributed by atoms with Crippen LogP contribution < -0.4 is 10.6 Å². The molecule has 2 heterocycles. The molecule has 2 aromatic heterocycles. The molecule has 7 heteroatoms. The third-order valence-corrected chi connectivity index (χ3v) is 5.30. The number of amides is 2. The van der Waals surface area contributed by atoms with Gasteiger partial charge in [-0.25, -0.2) is 4.98 Å². The van der Waals surface area contributed by atoms with Gasteiger partial charge in [0.25, 0.3) is 5.91 Å². The zero-order valence-electron chi connectivity index (χ0n) is 14.5. The highest BCUT2D eigenvalue weighted by Gasteiger charge is 2.23. The summed E-state index contributed by atoms with van der Waals surface area (Å²) in [5.41, 5.74) is 2.50. The van der Waals surface area contributed by atoms with Gasteiger partial charge in [-0.05, 0) is 31.9 Å². The van der Waals surface area contributed by atoms with Crippen molar-refractivity contribution in [2.45, 2.75) is 32.4 Å². The Balaban J connectivity index is 1.50. The zero-order valence-corrected chi connectivity index (χ0v) is 15.3. The molecule has 0 spiro atoms. The van der Waals surface area contributed by atoms with Crippen molar-refractivity contribution in [2.75, 3.05) is 6.54 Å². The third kappa shape index (κ3) is 3.35. The summed E-state index contributed by atoms with van der Waals surface area (Å²) in [6.07, 6.45) is 2.06. The van der Waals surface area contributed by atoms with Crippen LogP contribution in [-0.4, -0.2) is 34.0 Å². The molecule has 4 rings (SSSR count). The standard InChI is InChI=1S/C19H20N4O2S/c1-2-23-15-6-4-3-5-12(15)9-16(23)19-22-14(11-26-19)18(25)20-10-17(24)21-13-7-8-13/h3-6,9,11,13H,2,7-8,10H2,1H3,(H,20,25)(H,21,24). The minimum absolute atomic E-state index is 0.0165. The molecule has 0 saturated heterocycles. The number of nitrogens with one attached hydrogen (secondary N) is 2. The maximum Gasteiger partial charge on any atom is 0.271 e. The van der Waals surface area contributed by atoms with Crippen LogP contribution in [0.4, 0.5) is 0 Å². The van der Waals surface area contributed by atoms with Crippen LogP contribution in [0.15, 0.2) is 35.7 Å². The average molecular weight is 368 g/mol. The molecular weight excluding hydrogens is 348 g/mol. The minimum Gasteiger partial charge on any atom is -0.352 e. The van der Waals surface area contributed by atoms with Gasteiger partial charge in [0, 0.05) is 28.9 Å². The van der Waals surface area contributed by atoms with E-state index in [2.05, 4.69) is 45.3 Å². The van der Waals surface area contributed by atoms with Crippen LogP contribution in [0, 0.1) is 0 Å². The smallest absolute Gasteiger partial charge is 0.271 e. The second-order valence-electron chi connectivity index (χ2n) is 6.40. The molecule has 0 aliphatic heterocycles. The molecule has 1 aromatic carbocycles. The van der Waals surface area contributed by atoms with Crippen molar-refractivity contribution in [3.05, 3.63) is 41.4 Å².